The molecule has 39 heavy (non-hydrogen) atoms. The summed E-state index contributed by atoms with van der Waals surface area (Å²) >= 11 is 3.56. The summed E-state index contributed by atoms with van der Waals surface area (Å²) in [5.41, 5.74) is 2.31. The molecule has 208 valence electrons. The third-order valence-electron chi connectivity index (χ3n) is 6.40. The number of carbonyl (C=O) groups is 2. The highest BCUT2D eigenvalue weighted by Crippen LogP contribution is 2.31. The van der Waals surface area contributed by atoms with E-state index >= 15 is 0 Å². The fourth-order valence-corrected chi connectivity index (χ4v) is 4.59. The molecule has 0 bridgehead atoms. The lowest BCUT2D eigenvalue weighted by Gasteiger charge is -2.32. The summed E-state index contributed by atoms with van der Waals surface area (Å²) in [6.45, 7) is 10.5. The van der Waals surface area contributed by atoms with Gasteiger partial charge in [0.2, 0.25) is 5.91 Å². The second kappa shape index (κ2) is 13.7. The first kappa shape index (κ1) is 30.4. The Morgan fingerprint density at radius 1 is 1.00 bits per heavy atom. The van der Waals surface area contributed by atoms with E-state index in [0.29, 0.717) is 17.9 Å². The standard InChI is InChI=1S/C32H38BrFN2O3/c1-22(2)19-35-31(38)28(17-23-11-7-6-8-12-23)36(20-24-13-9-10-14-27(24)34)30(37)21-39-29-16-15-25(18-26(29)33)32(3,4)5/h6-16,18,22,28H,17,19-21H2,1-5H3,(H,35,38)/t28-/m0/s1. The number of nitrogens with one attached hydrogen (secondary N) is 1. The van der Waals surface area contributed by atoms with Gasteiger partial charge in [0.05, 0.1) is 4.47 Å². The maximum Gasteiger partial charge on any atom is 0.261 e. The van der Waals surface area contributed by atoms with E-state index in [9.17, 15) is 14.0 Å². The van der Waals surface area contributed by atoms with E-state index in [1.54, 1.807) is 18.2 Å². The second-order valence-electron chi connectivity index (χ2n) is 11.1. The minimum absolute atomic E-state index is 0.0402. The fourth-order valence-electron chi connectivity index (χ4n) is 4.09. The summed E-state index contributed by atoms with van der Waals surface area (Å²) in [6, 6.07) is 20.7. The summed E-state index contributed by atoms with van der Waals surface area (Å²) in [7, 11) is 0. The van der Waals surface area contributed by atoms with Crippen LogP contribution < -0.4 is 10.1 Å². The SMILES string of the molecule is CC(C)CNC(=O)[C@H](Cc1ccccc1)N(Cc1ccccc1F)C(=O)COc1ccc(C(C)(C)C)cc1Br. The molecule has 0 spiro atoms. The molecule has 5 nitrogen and oxygen atoms in total. The Morgan fingerprint density at radius 2 is 1.67 bits per heavy atom. The second-order valence-corrected chi connectivity index (χ2v) is 12.0. The van der Waals surface area contributed by atoms with Crippen molar-refractivity contribution in [2.24, 2.45) is 5.92 Å². The molecule has 0 aliphatic heterocycles. The minimum Gasteiger partial charge on any atom is -0.483 e. The molecule has 0 fully saturated rings. The Morgan fingerprint density at radius 3 is 2.28 bits per heavy atom. The topological polar surface area (TPSA) is 58.6 Å². The fraction of sp³-hybridized carbons (Fsp3) is 0.375. The van der Waals surface area contributed by atoms with Gasteiger partial charge < -0.3 is 15.0 Å². The third kappa shape index (κ3) is 8.92. The molecule has 3 rings (SSSR count). The Labute approximate surface area is 239 Å². The van der Waals surface area contributed by atoms with Crippen LogP contribution in [0.2, 0.25) is 0 Å². The van der Waals surface area contributed by atoms with Crippen LogP contribution in [0.5, 0.6) is 5.75 Å². The summed E-state index contributed by atoms with van der Waals surface area (Å²) in [6.07, 6.45) is 0.287. The molecule has 0 saturated carbocycles. The summed E-state index contributed by atoms with van der Waals surface area (Å²) in [5, 5.41) is 2.97. The van der Waals surface area contributed by atoms with Gasteiger partial charge in [0.25, 0.3) is 5.91 Å². The van der Waals surface area contributed by atoms with Crippen LogP contribution in [0.3, 0.4) is 0 Å². The van der Waals surface area contributed by atoms with Gasteiger partial charge in [0, 0.05) is 25.1 Å². The van der Waals surface area contributed by atoms with Crippen molar-refractivity contribution in [3.05, 3.63) is 99.8 Å². The van der Waals surface area contributed by atoms with Crippen LogP contribution >= 0.6 is 15.9 Å². The van der Waals surface area contributed by atoms with E-state index in [2.05, 4.69) is 42.0 Å². The van der Waals surface area contributed by atoms with Crippen LogP contribution in [-0.2, 0) is 28.0 Å². The molecule has 2 amide bonds. The summed E-state index contributed by atoms with van der Waals surface area (Å²) < 4.78 is 21.4. The molecule has 0 heterocycles. The first-order valence-corrected chi connectivity index (χ1v) is 14.0. The number of ether oxygens (including phenoxy) is 1. The van der Waals surface area contributed by atoms with Gasteiger partial charge in [-0.1, -0.05) is 89.2 Å². The van der Waals surface area contributed by atoms with Gasteiger partial charge >= 0.3 is 0 Å². The molecule has 0 saturated heterocycles. The van der Waals surface area contributed by atoms with Crippen molar-refractivity contribution >= 4 is 27.7 Å². The van der Waals surface area contributed by atoms with Gasteiger partial charge in [-0.15, -0.1) is 0 Å². The molecule has 1 N–H and O–H groups in total. The molecule has 0 unspecified atom stereocenters. The maximum atomic E-state index is 14.7. The largest absolute Gasteiger partial charge is 0.483 e. The van der Waals surface area contributed by atoms with Crippen LogP contribution in [0.15, 0.2) is 77.3 Å². The van der Waals surface area contributed by atoms with E-state index in [1.807, 2.05) is 62.4 Å². The van der Waals surface area contributed by atoms with Gasteiger partial charge in [-0.2, -0.15) is 0 Å². The first-order chi connectivity index (χ1) is 18.5. The quantitative estimate of drug-likeness (QED) is 0.269. The Hall–Kier alpha value is -3.19. The highest BCUT2D eigenvalue weighted by atomic mass is 79.9. The molecular formula is C32H38BrFN2O3. The lowest BCUT2D eigenvalue weighted by molar-refractivity contribution is -0.142. The van der Waals surface area contributed by atoms with Crippen molar-refractivity contribution in [2.75, 3.05) is 13.2 Å². The zero-order valence-electron chi connectivity index (χ0n) is 23.3. The smallest absolute Gasteiger partial charge is 0.261 e. The number of benzene rings is 3. The Balaban J connectivity index is 1.91. The number of rotatable bonds is 11. The van der Waals surface area contributed by atoms with E-state index < -0.39 is 17.8 Å². The van der Waals surface area contributed by atoms with Gasteiger partial charge in [0.15, 0.2) is 6.61 Å². The predicted molar refractivity (Wildman–Crippen MR) is 157 cm³/mol. The molecule has 0 aromatic heterocycles. The molecule has 1 atom stereocenters. The number of nitrogens with zero attached hydrogens (tertiary/aromatic N) is 1. The van der Waals surface area contributed by atoms with Crippen molar-refractivity contribution in [1.29, 1.82) is 0 Å². The van der Waals surface area contributed by atoms with Crippen molar-refractivity contribution in [1.82, 2.24) is 10.2 Å². The van der Waals surface area contributed by atoms with Crippen LogP contribution in [0.1, 0.15) is 51.3 Å². The Bertz CT molecular complexity index is 1260. The number of amides is 2. The van der Waals surface area contributed by atoms with Gasteiger partial charge in [0.1, 0.15) is 17.6 Å². The molecule has 3 aromatic carbocycles. The zero-order valence-corrected chi connectivity index (χ0v) is 24.9. The van der Waals surface area contributed by atoms with Crippen LogP contribution in [0.25, 0.3) is 0 Å². The molecule has 0 aliphatic carbocycles. The van der Waals surface area contributed by atoms with Crippen molar-refractivity contribution in [3.63, 3.8) is 0 Å². The average molecular weight is 598 g/mol. The predicted octanol–water partition coefficient (Wildman–Crippen LogP) is 6.68. The first-order valence-electron chi connectivity index (χ1n) is 13.2. The third-order valence-corrected chi connectivity index (χ3v) is 7.02. The van der Waals surface area contributed by atoms with Crippen LogP contribution in [-0.4, -0.2) is 35.9 Å². The zero-order chi connectivity index (χ0) is 28.6. The van der Waals surface area contributed by atoms with E-state index in [1.165, 1.54) is 11.0 Å². The van der Waals surface area contributed by atoms with Crippen molar-refractivity contribution in [3.8, 4) is 5.75 Å². The average Bonchev–Trinajstić information content (AvgIpc) is 2.89. The summed E-state index contributed by atoms with van der Waals surface area (Å²) in [4.78, 5) is 28.6. The highest BCUT2D eigenvalue weighted by molar-refractivity contribution is 9.10. The monoisotopic (exact) mass is 596 g/mol. The number of halogens is 2. The molecule has 7 heteroatoms. The highest BCUT2D eigenvalue weighted by Gasteiger charge is 2.31. The van der Waals surface area contributed by atoms with Gasteiger partial charge in [-0.3, -0.25) is 9.59 Å². The lowest BCUT2D eigenvalue weighted by Crippen LogP contribution is -2.52. The van der Waals surface area contributed by atoms with Crippen molar-refractivity contribution < 1.29 is 18.7 Å². The van der Waals surface area contributed by atoms with Gasteiger partial charge in [-0.25, -0.2) is 4.39 Å². The number of carbonyl (C=O) groups excluding carboxylic acids is 2. The maximum absolute atomic E-state index is 14.7. The van der Waals surface area contributed by atoms with Crippen LogP contribution in [0, 0.1) is 11.7 Å². The normalized spacial score (nSPS) is 12.2. The number of hydrogen-bond donors (Lipinski definition) is 1. The lowest BCUT2D eigenvalue weighted by atomic mass is 9.87. The molecule has 0 aliphatic rings. The van der Waals surface area contributed by atoms with E-state index in [4.69, 9.17) is 4.74 Å². The van der Waals surface area contributed by atoms with E-state index in [-0.39, 0.29) is 36.8 Å². The van der Waals surface area contributed by atoms with Crippen LogP contribution in [0.4, 0.5) is 4.39 Å². The molecule has 3 aromatic rings. The van der Waals surface area contributed by atoms with Gasteiger partial charge in [-0.05, 0) is 56.6 Å². The van der Waals surface area contributed by atoms with E-state index in [0.717, 1.165) is 15.6 Å². The minimum atomic E-state index is -0.853. The van der Waals surface area contributed by atoms with Crippen molar-refractivity contribution in [2.45, 2.75) is 59.0 Å². The molecule has 0 radical (unpaired) electrons. The Kier molecular flexibility index (Phi) is 10.7. The summed E-state index contributed by atoms with van der Waals surface area (Å²) in [5.74, 6) is -0.374. The number of hydrogen-bond acceptors (Lipinski definition) is 3. The molecular weight excluding hydrogens is 559 g/mol.